The second-order valence-corrected chi connectivity index (χ2v) is 9.01. The maximum atomic E-state index is 12.4. The van der Waals surface area contributed by atoms with Crippen molar-refractivity contribution in [2.45, 2.75) is 34.6 Å². The summed E-state index contributed by atoms with van der Waals surface area (Å²) in [4.78, 5) is 28.6. The summed E-state index contributed by atoms with van der Waals surface area (Å²) in [6.07, 6.45) is 1.88. The fourth-order valence-corrected chi connectivity index (χ4v) is 3.28. The zero-order valence-corrected chi connectivity index (χ0v) is 18.9. The number of aromatic nitrogens is 3. The van der Waals surface area contributed by atoms with Gasteiger partial charge >= 0.3 is 0 Å². The van der Waals surface area contributed by atoms with E-state index in [0.717, 1.165) is 39.4 Å². The molecule has 0 fully saturated rings. The highest BCUT2D eigenvalue weighted by atomic mass is 16.2. The molecule has 0 radical (unpaired) electrons. The number of amides is 1. The minimum absolute atomic E-state index is 0.0325. The zero-order valence-electron chi connectivity index (χ0n) is 18.9. The lowest BCUT2D eigenvalue weighted by Gasteiger charge is -2.19. The Morgan fingerprint density at radius 3 is 2.25 bits per heavy atom. The van der Waals surface area contributed by atoms with E-state index in [1.54, 1.807) is 11.4 Å². The standard InChI is InChI=1S/C26H26N4O2/c1-16-6-7-20(14-22(16)28-25(32)26(3,4)5)23-15-30-24(27-23)13-12-21(29-30)19-10-8-18(9-11-19)17(2)31/h6-15H,1-5H3,(H,28,32). The number of benzene rings is 2. The summed E-state index contributed by atoms with van der Waals surface area (Å²) >= 11 is 0. The number of imidazole rings is 1. The van der Waals surface area contributed by atoms with E-state index >= 15 is 0 Å². The van der Waals surface area contributed by atoms with E-state index in [-0.39, 0.29) is 11.7 Å². The summed E-state index contributed by atoms with van der Waals surface area (Å²) in [5.74, 6) is 0.00483. The molecule has 32 heavy (non-hydrogen) atoms. The number of nitrogens with one attached hydrogen (secondary N) is 1. The molecule has 2 aromatic carbocycles. The van der Waals surface area contributed by atoms with Gasteiger partial charge in [0, 0.05) is 27.8 Å². The van der Waals surface area contributed by atoms with Crippen LogP contribution in [0, 0.1) is 12.3 Å². The molecular formula is C26H26N4O2. The number of carbonyl (C=O) groups is 2. The van der Waals surface area contributed by atoms with E-state index in [0.29, 0.717) is 5.56 Å². The quantitative estimate of drug-likeness (QED) is 0.434. The van der Waals surface area contributed by atoms with Gasteiger partial charge in [-0.2, -0.15) is 5.10 Å². The minimum Gasteiger partial charge on any atom is -0.325 e. The van der Waals surface area contributed by atoms with Gasteiger partial charge in [-0.25, -0.2) is 9.50 Å². The summed E-state index contributed by atoms with van der Waals surface area (Å²) in [5.41, 5.74) is 6.08. The number of fused-ring (bicyclic) bond motifs is 1. The van der Waals surface area contributed by atoms with Crippen molar-refractivity contribution in [2.24, 2.45) is 5.41 Å². The second-order valence-electron chi connectivity index (χ2n) is 9.01. The predicted molar refractivity (Wildman–Crippen MR) is 127 cm³/mol. The largest absolute Gasteiger partial charge is 0.325 e. The number of Topliss-reactive ketones (excluding diaryl/α,β-unsaturated/α-hetero) is 1. The third kappa shape index (κ3) is 4.30. The molecule has 4 rings (SSSR count). The van der Waals surface area contributed by atoms with Crippen LogP contribution in [0.3, 0.4) is 0 Å². The average Bonchev–Trinajstić information content (AvgIpc) is 3.18. The van der Waals surface area contributed by atoms with E-state index < -0.39 is 5.41 Å². The second kappa shape index (κ2) is 8.04. The maximum absolute atomic E-state index is 12.4. The predicted octanol–water partition coefficient (Wildman–Crippen LogP) is 5.56. The lowest BCUT2D eigenvalue weighted by atomic mass is 9.95. The Hall–Kier alpha value is -3.80. The molecular weight excluding hydrogens is 400 g/mol. The molecule has 4 aromatic rings. The summed E-state index contributed by atoms with van der Waals surface area (Å²) in [6, 6.07) is 17.2. The van der Waals surface area contributed by atoms with Crippen LogP contribution >= 0.6 is 0 Å². The minimum atomic E-state index is -0.478. The van der Waals surface area contributed by atoms with Gasteiger partial charge in [0.1, 0.15) is 0 Å². The molecule has 6 nitrogen and oxygen atoms in total. The van der Waals surface area contributed by atoms with Crippen LogP contribution in [-0.2, 0) is 4.79 Å². The van der Waals surface area contributed by atoms with E-state index in [9.17, 15) is 9.59 Å². The number of anilines is 1. The molecule has 0 saturated carbocycles. The lowest BCUT2D eigenvalue weighted by Crippen LogP contribution is -2.27. The van der Waals surface area contributed by atoms with Crippen LogP contribution in [-0.4, -0.2) is 26.3 Å². The van der Waals surface area contributed by atoms with Crippen molar-refractivity contribution in [3.05, 3.63) is 71.9 Å². The van der Waals surface area contributed by atoms with Gasteiger partial charge < -0.3 is 5.32 Å². The summed E-state index contributed by atoms with van der Waals surface area (Å²) in [7, 11) is 0. The Morgan fingerprint density at radius 2 is 1.59 bits per heavy atom. The molecule has 6 heteroatoms. The number of hydrogen-bond donors (Lipinski definition) is 1. The normalized spacial score (nSPS) is 11.5. The van der Waals surface area contributed by atoms with Gasteiger partial charge in [0.05, 0.1) is 17.6 Å². The maximum Gasteiger partial charge on any atom is 0.229 e. The van der Waals surface area contributed by atoms with Gasteiger partial charge in [-0.05, 0) is 37.6 Å². The molecule has 0 aliphatic rings. The van der Waals surface area contributed by atoms with Crippen molar-refractivity contribution in [1.29, 1.82) is 0 Å². The number of nitrogens with zero attached hydrogens (tertiary/aromatic N) is 3. The van der Waals surface area contributed by atoms with Gasteiger partial charge in [0.2, 0.25) is 5.91 Å². The van der Waals surface area contributed by atoms with Crippen molar-refractivity contribution in [3.8, 4) is 22.5 Å². The molecule has 1 N–H and O–H groups in total. The number of hydrogen-bond acceptors (Lipinski definition) is 4. The lowest BCUT2D eigenvalue weighted by molar-refractivity contribution is -0.123. The van der Waals surface area contributed by atoms with Crippen LogP contribution in [0.25, 0.3) is 28.2 Å². The molecule has 0 aliphatic carbocycles. The fraction of sp³-hybridized carbons (Fsp3) is 0.231. The average molecular weight is 427 g/mol. The monoisotopic (exact) mass is 426 g/mol. The SMILES string of the molecule is CC(=O)c1ccc(-c2ccc3nc(-c4ccc(C)c(NC(=O)C(C)(C)C)c4)cn3n2)cc1. The Bertz CT molecular complexity index is 1330. The topological polar surface area (TPSA) is 76.4 Å². The van der Waals surface area contributed by atoms with Crippen molar-refractivity contribution in [3.63, 3.8) is 0 Å². The number of carbonyl (C=O) groups excluding carboxylic acids is 2. The molecule has 0 atom stereocenters. The molecule has 2 aromatic heterocycles. The first-order chi connectivity index (χ1) is 15.1. The van der Waals surface area contributed by atoms with Crippen LogP contribution in [0.15, 0.2) is 60.8 Å². The van der Waals surface area contributed by atoms with Crippen LogP contribution in [0.5, 0.6) is 0 Å². The molecule has 1 amide bonds. The molecule has 0 unspecified atom stereocenters. The van der Waals surface area contributed by atoms with E-state index in [1.165, 1.54) is 0 Å². The summed E-state index contributed by atoms with van der Waals surface area (Å²) in [6.45, 7) is 9.19. The van der Waals surface area contributed by atoms with Gasteiger partial charge in [-0.1, -0.05) is 57.2 Å². The Labute approximate surface area is 187 Å². The van der Waals surface area contributed by atoms with Crippen LogP contribution < -0.4 is 5.32 Å². The van der Waals surface area contributed by atoms with Crippen LogP contribution in [0.4, 0.5) is 5.69 Å². The first kappa shape index (κ1) is 21.4. The Kier molecular flexibility index (Phi) is 5.38. The van der Waals surface area contributed by atoms with E-state index in [1.807, 2.05) is 88.5 Å². The highest BCUT2D eigenvalue weighted by molar-refractivity contribution is 5.96. The van der Waals surface area contributed by atoms with Crippen molar-refractivity contribution in [2.75, 3.05) is 5.32 Å². The van der Waals surface area contributed by atoms with Crippen LogP contribution in [0.2, 0.25) is 0 Å². The summed E-state index contributed by atoms with van der Waals surface area (Å²) < 4.78 is 1.75. The first-order valence-electron chi connectivity index (χ1n) is 10.5. The molecule has 0 aliphatic heterocycles. The highest BCUT2D eigenvalue weighted by Gasteiger charge is 2.22. The van der Waals surface area contributed by atoms with Crippen LogP contribution in [0.1, 0.15) is 43.6 Å². The molecule has 162 valence electrons. The van der Waals surface area contributed by atoms with Gasteiger partial charge in [0.15, 0.2) is 11.4 Å². The molecule has 0 saturated heterocycles. The molecule has 0 spiro atoms. The Morgan fingerprint density at radius 1 is 0.906 bits per heavy atom. The van der Waals surface area contributed by atoms with Crippen molar-refractivity contribution < 1.29 is 9.59 Å². The van der Waals surface area contributed by atoms with E-state index in [2.05, 4.69) is 10.4 Å². The van der Waals surface area contributed by atoms with Gasteiger partial charge in [-0.15, -0.1) is 0 Å². The van der Waals surface area contributed by atoms with E-state index in [4.69, 9.17) is 4.98 Å². The number of rotatable bonds is 4. The highest BCUT2D eigenvalue weighted by Crippen LogP contribution is 2.27. The smallest absolute Gasteiger partial charge is 0.229 e. The third-order valence-corrected chi connectivity index (χ3v) is 5.37. The molecule has 0 bridgehead atoms. The third-order valence-electron chi connectivity index (χ3n) is 5.37. The number of aryl methyl sites for hydroxylation is 1. The molecule has 2 heterocycles. The van der Waals surface area contributed by atoms with Crippen molar-refractivity contribution in [1.82, 2.24) is 14.6 Å². The van der Waals surface area contributed by atoms with Crippen molar-refractivity contribution >= 4 is 23.0 Å². The first-order valence-corrected chi connectivity index (χ1v) is 10.5. The number of ketones is 1. The van der Waals surface area contributed by atoms with Gasteiger partial charge in [-0.3, -0.25) is 9.59 Å². The van der Waals surface area contributed by atoms with Gasteiger partial charge in [0.25, 0.3) is 0 Å². The summed E-state index contributed by atoms with van der Waals surface area (Å²) in [5, 5.41) is 7.71. The Balaban J connectivity index is 1.66. The fourth-order valence-electron chi connectivity index (χ4n) is 3.28. The zero-order chi connectivity index (χ0) is 23.0.